The van der Waals surface area contributed by atoms with Gasteiger partial charge in [0.2, 0.25) is 11.7 Å². The third kappa shape index (κ3) is 4.19. The van der Waals surface area contributed by atoms with E-state index in [-0.39, 0.29) is 37.3 Å². The number of nitrogens with two attached hydrogens (primary N) is 1. The van der Waals surface area contributed by atoms with E-state index in [9.17, 15) is 9.59 Å². The molecule has 18 heavy (non-hydrogen) atoms. The highest BCUT2D eigenvalue weighted by Crippen LogP contribution is 2.07. The maximum atomic E-state index is 11.5. The molecule has 0 spiro atoms. The summed E-state index contributed by atoms with van der Waals surface area (Å²) in [6.07, 6.45) is -0.171. The van der Waals surface area contributed by atoms with E-state index < -0.39 is 5.97 Å². The molecule has 1 aromatic rings. The summed E-state index contributed by atoms with van der Waals surface area (Å²) >= 11 is 0. The van der Waals surface area contributed by atoms with Crippen LogP contribution in [0, 0.1) is 0 Å². The molecule has 7 nitrogen and oxygen atoms in total. The predicted molar refractivity (Wildman–Crippen MR) is 62.0 cm³/mol. The number of hydrogen-bond acceptors (Lipinski definition) is 5. The van der Waals surface area contributed by atoms with Crippen molar-refractivity contribution < 1.29 is 23.8 Å². The molecule has 0 aliphatic carbocycles. The lowest BCUT2D eigenvalue weighted by atomic mass is 10.2. The molecule has 1 aromatic heterocycles. The third-order valence-electron chi connectivity index (χ3n) is 2.34. The first kappa shape index (κ1) is 14.2. The van der Waals surface area contributed by atoms with Gasteiger partial charge in [-0.1, -0.05) is 0 Å². The van der Waals surface area contributed by atoms with Gasteiger partial charge in [0.15, 0.2) is 0 Å². The Balaban J connectivity index is 2.39. The van der Waals surface area contributed by atoms with Gasteiger partial charge >= 0.3 is 5.97 Å². The van der Waals surface area contributed by atoms with E-state index in [4.69, 9.17) is 20.0 Å². The number of carbonyl (C=O) groups is 2. The van der Waals surface area contributed by atoms with Crippen LogP contribution in [0.15, 0.2) is 16.5 Å². The van der Waals surface area contributed by atoms with Crippen molar-refractivity contribution in [3.05, 3.63) is 23.7 Å². The first-order valence-corrected chi connectivity index (χ1v) is 5.38. The molecule has 0 aliphatic heterocycles. The van der Waals surface area contributed by atoms with Crippen LogP contribution in [0.1, 0.15) is 22.7 Å². The average molecular weight is 256 g/mol. The van der Waals surface area contributed by atoms with Gasteiger partial charge < -0.3 is 25.3 Å². The summed E-state index contributed by atoms with van der Waals surface area (Å²) in [6, 6.07) is 2.84. The smallest absolute Gasteiger partial charge is 0.371 e. The molecule has 1 amide bonds. The molecule has 0 bridgehead atoms. The summed E-state index contributed by atoms with van der Waals surface area (Å²) in [5, 5.41) is 11.2. The van der Waals surface area contributed by atoms with E-state index in [0.717, 1.165) is 0 Å². The number of carboxylic acids is 1. The van der Waals surface area contributed by atoms with Crippen LogP contribution in [-0.4, -0.2) is 36.7 Å². The number of carboxylic acid groups (broad SMARTS) is 1. The van der Waals surface area contributed by atoms with Gasteiger partial charge in [-0.2, -0.15) is 0 Å². The second kappa shape index (κ2) is 6.77. The first-order chi connectivity index (χ1) is 8.56. The Morgan fingerprint density at radius 2 is 2.28 bits per heavy atom. The summed E-state index contributed by atoms with van der Waals surface area (Å²) in [7, 11) is 1.48. The predicted octanol–water partition coefficient (Wildman–Crippen LogP) is -0.0422. The van der Waals surface area contributed by atoms with E-state index in [0.29, 0.717) is 5.76 Å². The van der Waals surface area contributed by atoms with Crippen LogP contribution >= 0.6 is 0 Å². The van der Waals surface area contributed by atoms with Crippen LogP contribution < -0.4 is 11.1 Å². The van der Waals surface area contributed by atoms with Crippen molar-refractivity contribution in [2.24, 2.45) is 5.73 Å². The number of hydrogen-bond donors (Lipinski definition) is 3. The van der Waals surface area contributed by atoms with Gasteiger partial charge in [-0.25, -0.2) is 4.79 Å². The Morgan fingerprint density at radius 3 is 2.78 bits per heavy atom. The molecule has 1 heterocycles. The summed E-state index contributed by atoms with van der Waals surface area (Å²) in [5.41, 5.74) is 5.39. The molecular weight excluding hydrogens is 240 g/mol. The molecule has 4 N–H and O–H groups in total. The molecule has 1 atom stereocenters. The highest BCUT2D eigenvalue weighted by atomic mass is 16.5. The first-order valence-electron chi connectivity index (χ1n) is 5.38. The number of aromatic carboxylic acids is 1. The SMILES string of the molecule is COC(CN)CC(=O)NCc1ccc(C(=O)O)o1. The molecule has 1 unspecified atom stereocenters. The topological polar surface area (TPSA) is 115 Å². The Morgan fingerprint density at radius 1 is 1.56 bits per heavy atom. The number of methoxy groups -OCH3 is 1. The van der Waals surface area contributed by atoms with Crippen LogP contribution in [0.2, 0.25) is 0 Å². The van der Waals surface area contributed by atoms with E-state index >= 15 is 0 Å². The highest BCUT2D eigenvalue weighted by Gasteiger charge is 2.13. The summed E-state index contributed by atoms with van der Waals surface area (Å²) in [4.78, 5) is 22.0. The third-order valence-corrected chi connectivity index (χ3v) is 2.34. The largest absolute Gasteiger partial charge is 0.475 e. The molecule has 1 rings (SSSR count). The molecule has 0 saturated heterocycles. The van der Waals surface area contributed by atoms with Crippen LogP contribution in [0.4, 0.5) is 0 Å². The fourth-order valence-electron chi connectivity index (χ4n) is 1.32. The van der Waals surface area contributed by atoms with E-state index in [1.54, 1.807) is 0 Å². The van der Waals surface area contributed by atoms with Gasteiger partial charge in [-0.15, -0.1) is 0 Å². The van der Waals surface area contributed by atoms with Gasteiger partial charge in [0.05, 0.1) is 19.1 Å². The maximum absolute atomic E-state index is 11.5. The van der Waals surface area contributed by atoms with Gasteiger partial charge in [0.1, 0.15) is 5.76 Å². The second-order valence-electron chi connectivity index (χ2n) is 3.65. The normalized spacial score (nSPS) is 12.1. The Hall–Kier alpha value is -1.86. The number of nitrogens with one attached hydrogen (secondary N) is 1. The average Bonchev–Trinajstić information content (AvgIpc) is 2.82. The zero-order valence-electron chi connectivity index (χ0n) is 10.0. The fraction of sp³-hybridized carbons (Fsp3) is 0.455. The van der Waals surface area contributed by atoms with Gasteiger partial charge in [-0.05, 0) is 12.1 Å². The molecule has 7 heteroatoms. The van der Waals surface area contributed by atoms with E-state index in [1.807, 2.05) is 0 Å². The summed E-state index contributed by atoms with van der Waals surface area (Å²) in [5.74, 6) is -1.16. The van der Waals surface area contributed by atoms with E-state index in [2.05, 4.69) is 5.32 Å². The molecule has 100 valence electrons. The number of ether oxygens (including phenoxy) is 1. The second-order valence-corrected chi connectivity index (χ2v) is 3.65. The van der Waals surface area contributed by atoms with Crippen molar-refractivity contribution in [2.75, 3.05) is 13.7 Å². The lowest BCUT2D eigenvalue weighted by molar-refractivity contribution is -0.123. The van der Waals surface area contributed by atoms with Gasteiger partial charge in [0.25, 0.3) is 0 Å². The lowest BCUT2D eigenvalue weighted by Gasteiger charge is -2.11. The quantitative estimate of drug-likeness (QED) is 0.630. The molecule has 0 aliphatic rings. The minimum absolute atomic E-state index is 0.132. The Bertz CT molecular complexity index is 411. The molecule has 0 saturated carbocycles. The number of carbonyl (C=O) groups excluding carboxylic acids is 1. The molecule has 0 fully saturated rings. The van der Waals surface area contributed by atoms with Gasteiger partial charge in [-0.3, -0.25) is 4.79 Å². The Kier molecular flexibility index (Phi) is 5.34. The minimum atomic E-state index is -1.14. The number of amides is 1. The Labute approximate surface area is 104 Å². The summed E-state index contributed by atoms with van der Waals surface area (Å²) in [6.45, 7) is 0.390. The monoisotopic (exact) mass is 256 g/mol. The van der Waals surface area contributed by atoms with Crippen molar-refractivity contribution in [2.45, 2.75) is 19.1 Å². The van der Waals surface area contributed by atoms with Crippen LogP contribution in [0.3, 0.4) is 0 Å². The lowest BCUT2D eigenvalue weighted by Crippen LogP contribution is -2.31. The highest BCUT2D eigenvalue weighted by molar-refractivity contribution is 5.84. The van der Waals surface area contributed by atoms with Crippen LogP contribution in [0.25, 0.3) is 0 Å². The van der Waals surface area contributed by atoms with Crippen molar-refractivity contribution in [1.29, 1.82) is 0 Å². The van der Waals surface area contributed by atoms with E-state index in [1.165, 1.54) is 19.2 Å². The summed E-state index contributed by atoms with van der Waals surface area (Å²) < 4.78 is 9.95. The number of furan rings is 1. The molecular formula is C11H16N2O5. The maximum Gasteiger partial charge on any atom is 0.371 e. The van der Waals surface area contributed by atoms with Crippen LogP contribution in [-0.2, 0) is 16.1 Å². The van der Waals surface area contributed by atoms with Gasteiger partial charge in [0, 0.05) is 13.7 Å². The standard InChI is InChI=1S/C11H16N2O5/c1-17-8(5-12)4-10(14)13-6-7-2-3-9(18-7)11(15)16/h2-3,8H,4-6,12H2,1H3,(H,13,14)(H,15,16). The van der Waals surface area contributed by atoms with Crippen molar-refractivity contribution >= 4 is 11.9 Å². The minimum Gasteiger partial charge on any atom is -0.475 e. The molecule has 0 aromatic carbocycles. The zero-order valence-corrected chi connectivity index (χ0v) is 10.0. The van der Waals surface area contributed by atoms with Crippen molar-refractivity contribution in [3.63, 3.8) is 0 Å². The molecule has 0 radical (unpaired) electrons. The zero-order chi connectivity index (χ0) is 13.5. The van der Waals surface area contributed by atoms with Crippen molar-refractivity contribution in [3.8, 4) is 0 Å². The van der Waals surface area contributed by atoms with Crippen LogP contribution in [0.5, 0.6) is 0 Å². The fourth-order valence-corrected chi connectivity index (χ4v) is 1.32. The number of rotatable bonds is 7. The van der Waals surface area contributed by atoms with Crippen molar-refractivity contribution in [1.82, 2.24) is 5.32 Å².